The first-order chi connectivity index (χ1) is 14.8. The zero-order valence-electron chi connectivity index (χ0n) is 18.2. The van der Waals surface area contributed by atoms with Gasteiger partial charge in [-0.2, -0.15) is 4.98 Å². The van der Waals surface area contributed by atoms with Gasteiger partial charge in [-0.1, -0.05) is 32.9 Å². The number of hydrogen-bond acceptors (Lipinski definition) is 5. The molecule has 0 bridgehead atoms. The Morgan fingerprint density at radius 2 is 1.84 bits per heavy atom. The summed E-state index contributed by atoms with van der Waals surface area (Å²) in [4.78, 5) is 47.6. The molecule has 1 saturated heterocycles. The van der Waals surface area contributed by atoms with Crippen molar-refractivity contribution in [2.75, 3.05) is 28.6 Å². The molecule has 0 radical (unpaired) electrons. The first kappa shape index (κ1) is 21.1. The SMILES string of the molecule is CC1CCN(c2nc3c(c(=O)[nH]2)[C@H](C(=O)Nc2ccc(C(C)C)cc2)CC(=O)N3)CC1. The molecule has 0 aliphatic carbocycles. The normalized spacial score (nSPS) is 19.2. The molecule has 0 spiro atoms. The Morgan fingerprint density at radius 3 is 2.48 bits per heavy atom. The third kappa shape index (κ3) is 4.47. The average Bonchev–Trinajstić information content (AvgIpc) is 2.73. The predicted octanol–water partition coefficient (Wildman–Crippen LogP) is 3.19. The number of nitrogens with zero attached hydrogens (tertiary/aromatic N) is 2. The van der Waals surface area contributed by atoms with E-state index < -0.39 is 5.92 Å². The van der Waals surface area contributed by atoms with Crippen LogP contribution in [-0.4, -0.2) is 34.9 Å². The van der Waals surface area contributed by atoms with Gasteiger partial charge in [0.25, 0.3) is 5.56 Å². The number of amides is 2. The van der Waals surface area contributed by atoms with E-state index in [-0.39, 0.29) is 35.2 Å². The second-order valence-corrected chi connectivity index (χ2v) is 8.89. The van der Waals surface area contributed by atoms with Gasteiger partial charge in [-0.15, -0.1) is 0 Å². The molecule has 164 valence electrons. The van der Waals surface area contributed by atoms with Crippen LogP contribution in [0.2, 0.25) is 0 Å². The molecular weight excluding hydrogens is 394 g/mol. The Morgan fingerprint density at radius 1 is 1.16 bits per heavy atom. The third-order valence-corrected chi connectivity index (χ3v) is 6.18. The van der Waals surface area contributed by atoms with Gasteiger partial charge in [0.1, 0.15) is 5.82 Å². The van der Waals surface area contributed by atoms with Gasteiger partial charge in [0.2, 0.25) is 17.8 Å². The molecule has 1 aromatic carbocycles. The molecule has 1 fully saturated rings. The van der Waals surface area contributed by atoms with Gasteiger partial charge in [0.05, 0.1) is 11.5 Å². The average molecular weight is 424 g/mol. The number of piperidine rings is 1. The third-order valence-electron chi connectivity index (χ3n) is 6.18. The van der Waals surface area contributed by atoms with Crippen molar-refractivity contribution in [1.29, 1.82) is 0 Å². The van der Waals surface area contributed by atoms with Crippen molar-refractivity contribution in [3.05, 3.63) is 45.7 Å². The van der Waals surface area contributed by atoms with E-state index in [9.17, 15) is 14.4 Å². The fourth-order valence-electron chi connectivity index (χ4n) is 4.13. The minimum Gasteiger partial charge on any atom is -0.342 e. The van der Waals surface area contributed by atoms with Crippen LogP contribution in [0.15, 0.2) is 29.1 Å². The van der Waals surface area contributed by atoms with Gasteiger partial charge >= 0.3 is 0 Å². The molecular formula is C23H29N5O3. The van der Waals surface area contributed by atoms with Gasteiger partial charge < -0.3 is 15.5 Å². The van der Waals surface area contributed by atoms with Crippen molar-refractivity contribution in [2.45, 2.75) is 51.9 Å². The fourth-order valence-corrected chi connectivity index (χ4v) is 4.13. The van der Waals surface area contributed by atoms with E-state index in [1.165, 1.54) is 5.56 Å². The minimum atomic E-state index is -0.889. The highest BCUT2D eigenvalue weighted by atomic mass is 16.2. The molecule has 2 aliphatic rings. The summed E-state index contributed by atoms with van der Waals surface area (Å²) in [6, 6.07) is 7.59. The Hall–Kier alpha value is -3.16. The van der Waals surface area contributed by atoms with Crippen LogP contribution in [0.25, 0.3) is 0 Å². The zero-order valence-corrected chi connectivity index (χ0v) is 18.2. The summed E-state index contributed by atoms with van der Waals surface area (Å²) in [5.41, 5.74) is 1.63. The highest BCUT2D eigenvalue weighted by molar-refractivity contribution is 6.04. The van der Waals surface area contributed by atoms with Gasteiger partial charge in [-0.25, -0.2) is 0 Å². The predicted molar refractivity (Wildman–Crippen MR) is 121 cm³/mol. The lowest BCUT2D eigenvalue weighted by molar-refractivity contribution is -0.123. The maximum absolute atomic E-state index is 13.0. The summed E-state index contributed by atoms with van der Waals surface area (Å²) in [6.07, 6.45) is 1.95. The largest absolute Gasteiger partial charge is 0.342 e. The molecule has 2 aromatic rings. The van der Waals surface area contributed by atoms with Crippen molar-refractivity contribution in [1.82, 2.24) is 9.97 Å². The number of carbonyl (C=O) groups excluding carboxylic acids is 2. The van der Waals surface area contributed by atoms with E-state index in [0.29, 0.717) is 23.5 Å². The van der Waals surface area contributed by atoms with E-state index in [1.807, 2.05) is 29.2 Å². The Balaban J connectivity index is 1.58. The molecule has 0 unspecified atom stereocenters. The lowest BCUT2D eigenvalue weighted by Crippen LogP contribution is -2.39. The van der Waals surface area contributed by atoms with E-state index >= 15 is 0 Å². The highest BCUT2D eigenvalue weighted by Gasteiger charge is 2.35. The maximum atomic E-state index is 13.0. The molecule has 3 N–H and O–H groups in total. The van der Waals surface area contributed by atoms with Crippen molar-refractivity contribution >= 4 is 29.3 Å². The number of anilines is 3. The first-order valence-electron chi connectivity index (χ1n) is 10.9. The lowest BCUT2D eigenvalue weighted by atomic mass is 9.92. The number of H-pyrrole nitrogens is 1. The second-order valence-electron chi connectivity index (χ2n) is 8.89. The number of aromatic amines is 1. The van der Waals surface area contributed by atoms with Crippen LogP contribution in [0.1, 0.15) is 63.0 Å². The molecule has 4 rings (SSSR count). The Labute approximate surface area is 181 Å². The number of carbonyl (C=O) groups is 2. The van der Waals surface area contributed by atoms with Crippen molar-refractivity contribution in [2.24, 2.45) is 5.92 Å². The zero-order chi connectivity index (χ0) is 22.1. The number of benzene rings is 1. The lowest BCUT2D eigenvalue weighted by Gasteiger charge is -2.31. The van der Waals surface area contributed by atoms with Crippen LogP contribution >= 0.6 is 0 Å². The molecule has 8 nitrogen and oxygen atoms in total. The summed E-state index contributed by atoms with van der Waals surface area (Å²) in [5.74, 6) is 0.0633. The molecule has 8 heteroatoms. The van der Waals surface area contributed by atoms with E-state index in [0.717, 1.165) is 25.9 Å². The fraction of sp³-hybridized carbons (Fsp3) is 0.478. The summed E-state index contributed by atoms with van der Waals surface area (Å²) in [5, 5.41) is 5.52. The standard InChI is InChI=1S/C23H29N5O3/c1-13(2)15-4-6-16(7-5-15)24-21(30)17-12-18(29)25-20-19(17)22(31)27-23(26-20)28-10-8-14(3)9-11-28/h4-7,13-14,17H,8-12H2,1-3H3,(H,24,30)(H2,25,26,27,29,31)/t17-/m1/s1. The number of nitrogens with one attached hydrogen (secondary N) is 3. The number of aromatic nitrogens is 2. The van der Waals surface area contributed by atoms with Crippen LogP contribution in [0.5, 0.6) is 0 Å². The van der Waals surface area contributed by atoms with Crippen molar-refractivity contribution in [3.8, 4) is 0 Å². The van der Waals surface area contributed by atoms with Crippen LogP contribution in [0.3, 0.4) is 0 Å². The Kier molecular flexibility index (Phi) is 5.80. The van der Waals surface area contributed by atoms with Crippen molar-refractivity contribution in [3.63, 3.8) is 0 Å². The van der Waals surface area contributed by atoms with E-state index in [2.05, 4.69) is 41.4 Å². The van der Waals surface area contributed by atoms with Gasteiger partial charge in [0.15, 0.2) is 0 Å². The number of hydrogen-bond donors (Lipinski definition) is 3. The summed E-state index contributed by atoms with van der Waals surface area (Å²) >= 11 is 0. The number of fused-ring (bicyclic) bond motifs is 1. The molecule has 2 aliphatic heterocycles. The highest BCUT2D eigenvalue weighted by Crippen LogP contribution is 2.31. The van der Waals surface area contributed by atoms with Crippen LogP contribution in [-0.2, 0) is 9.59 Å². The smallest absolute Gasteiger partial charge is 0.258 e. The van der Waals surface area contributed by atoms with E-state index in [1.54, 1.807) is 0 Å². The monoisotopic (exact) mass is 423 g/mol. The summed E-state index contributed by atoms with van der Waals surface area (Å²) < 4.78 is 0. The number of rotatable bonds is 4. The first-order valence-corrected chi connectivity index (χ1v) is 10.9. The second kappa shape index (κ2) is 8.53. The molecule has 0 saturated carbocycles. The van der Waals surface area contributed by atoms with Crippen molar-refractivity contribution < 1.29 is 9.59 Å². The molecule has 3 heterocycles. The van der Waals surface area contributed by atoms with Gasteiger partial charge in [0, 0.05) is 25.2 Å². The van der Waals surface area contributed by atoms with E-state index in [4.69, 9.17) is 0 Å². The summed E-state index contributed by atoms with van der Waals surface area (Å²) in [6.45, 7) is 8.01. The van der Waals surface area contributed by atoms with Crippen LogP contribution in [0.4, 0.5) is 17.5 Å². The molecule has 31 heavy (non-hydrogen) atoms. The maximum Gasteiger partial charge on any atom is 0.258 e. The Bertz CT molecular complexity index is 1040. The molecule has 1 atom stereocenters. The van der Waals surface area contributed by atoms with Crippen LogP contribution < -0.4 is 21.1 Å². The molecule has 1 aromatic heterocycles. The quantitative estimate of drug-likeness (QED) is 0.700. The molecule has 2 amide bonds. The minimum absolute atomic E-state index is 0.0890. The topological polar surface area (TPSA) is 107 Å². The van der Waals surface area contributed by atoms with Crippen LogP contribution in [0, 0.1) is 5.92 Å². The van der Waals surface area contributed by atoms with Gasteiger partial charge in [-0.3, -0.25) is 19.4 Å². The van der Waals surface area contributed by atoms with Gasteiger partial charge in [-0.05, 0) is 42.4 Å². The summed E-state index contributed by atoms with van der Waals surface area (Å²) in [7, 11) is 0.